The smallest absolute Gasteiger partial charge is 0.412 e. The van der Waals surface area contributed by atoms with E-state index in [1.807, 2.05) is 0 Å². The summed E-state index contributed by atoms with van der Waals surface area (Å²) in [6.45, 7) is 5.29. The van der Waals surface area contributed by atoms with Gasteiger partial charge in [0, 0.05) is 16.8 Å². The lowest BCUT2D eigenvalue weighted by molar-refractivity contribution is -0.131. The monoisotopic (exact) mass is 297 g/mol. The number of benzene rings is 1. The van der Waals surface area contributed by atoms with Crippen LogP contribution in [0.1, 0.15) is 26.3 Å². The second-order valence-electron chi connectivity index (χ2n) is 5.03. The average molecular weight is 298 g/mol. The van der Waals surface area contributed by atoms with Crippen molar-refractivity contribution in [2.24, 2.45) is 0 Å². The van der Waals surface area contributed by atoms with E-state index in [1.54, 1.807) is 32.9 Å². The minimum Gasteiger partial charge on any atom is -0.478 e. The van der Waals surface area contributed by atoms with E-state index in [4.69, 9.17) is 21.4 Å². The van der Waals surface area contributed by atoms with Gasteiger partial charge in [-0.05, 0) is 44.5 Å². The molecule has 0 unspecified atom stereocenters. The molecule has 0 saturated carbocycles. The fourth-order valence-electron chi connectivity index (χ4n) is 1.32. The van der Waals surface area contributed by atoms with E-state index in [-0.39, 0.29) is 0 Å². The topological polar surface area (TPSA) is 75.6 Å². The number of rotatable bonds is 3. The lowest BCUT2D eigenvalue weighted by atomic mass is 10.2. The molecule has 0 bridgehead atoms. The van der Waals surface area contributed by atoms with Gasteiger partial charge < -0.3 is 9.84 Å². The number of anilines is 1. The minimum absolute atomic E-state index is 0.330. The van der Waals surface area contributed by atoms with Gasteiger partial charge in [0.25, 0.3) is 0 Å². The number of aliphatic carboxylic acids is 1. The summed E-state index contributed by atoms with van der Waals surface area (Å²) < 4.78 is 5.11. The maximum Gasteiger partial charge on any atom is 0.412 e. The van der Waals surface area contributed by atoms with E-state index in [1.165, 1.54) is 12.1 Å². The van der Waals surface area contributed by atoms with Gasteiger partial charge in [-0.15, -0.1) is 0 Å². The number of carbonyl (C=O) groups is 2. The summed E-state index contributed by atoms with van der Waals surface area (Å²) >= 11 is 5.99. The molecule has 1 aromatic carbocycles. The Bertz CT molecular complexity index is 547. The molecule has 6 heteroatoms. The van der Waals surface area contributed by atoms with Crippen LogP contribution in [0.3, 0.4) is 0 Å². The molecule has 0 aliphatic heterocycles. The summed E-state index contributed by atoms with van der Waals surface area (Å²) in [5.74, 6) is -1.06. The zero-order chi connectivity index (χ0) is 15.3. The second kappa shape index (κ2) is 6.43. The molecule has 0 fully saturated rings. The van der Waals surface area contributed by atoms with E-state index in [0.29, 0.717) is 16.3 Å². The summed E-state index contributed by atoms with van der Waals surface area (Å²) in [6.07, 6.45) is 1.78. The molecule has 1 aromatic rings. The Hall–Kier alpha value is -2.01. The van der Waals surface area contributed by atoms with Crippen molar-refractivity contribution < 1.29 is 19.4 Å². The fraction of sp³-hybridized carbons (Fsp3) is 0.286. The summed E-state index contributed by atoms with van der Waals surface area (Å²) in [6, 6.07) is 4.73. The van der Waals surface area contributed by atoms with Crippen molar-refractivity contribution in [3.63, 3.8) is 0 Å². The molecule has 0 aliphatic rings. The van der Waals surface area contributed by atoms with Crippen LogP contribution >= 0.6 is 11.6 Å². The first-order chi connectivity index (χ1) is 9.17. The average Bonchev–Trinajstić information content (AvgIpc) is 2.24. The first kappa shape index (κ1) is 16.0. The van der Waals surface area contributed by atoms with Crippen LogP contribution in [-0.2, 0) is 9.53 Å². The summed E-state index contributed by atoms with van der Waals surface area (Å²) in [4.78, 5) is 22.0. The fourth-order valence-corrected chi connectivity index (χ4v) is 1.57. The second-order valence-corrected chi connectivity index (χ2v) is 5.44. The van der Waals surface area contributed by atoms with Gasteiger partial charge in [-0.3, -0.25) is 5.32 Å². The standard InChI is InChI=1S/C14H16ClNO4/c1-14(2,3)20-13(19)16-10-6-4-9(11(15)8-10)5-7-12(17)18/h4-8H,1-3H3,(H,16,19)(H,17,18)/b7-5+. The Morgan fingerprint density at radius 2 is 2.00 bits per heavy atom. The summed E-state index contributed by atoms with van der Waals surface area (Å²) in [5, 5.41) is 11.4. The van der Waals surface area contributed by atoms with Gasteiger partial charge in [-0.25, -0.2) is 9.59 Å². The number of nitrogens with one attached hydrogen (secondary N) is 1. The van der Waals surface area contributed by atoms with Crippen molar-refractivity contribution >= 4 is 35.4 Å². The SMILES string of the molecule is CC(C)(C)OC(=O)Nc1ccc(/C=C/C(=O)O)c(Cl)c1. The zero-order valence-corrected chi connectivity index (χ0v) is 12.2. The van der Waals surface area contributed by atoms with Crippen LogP contribution in [0.15, 0.2) is 24.3 Å². The van der Waals surface area contributed by atoms with Crippen molar-refractivity contribution in [1.29, 1.82) is 0 Å². The highest BCUT2D eigenvalue weighted by atomic mass is 35.5. The van der Waals surface area contributed by atoms with Gasteiger partial charge in [0.15, 0.2) is 0 Å². The van der Waals surface area contributed by atoms with Crippen molar-refractivity contribution in [2.75, 3.05) is 5.32 Å². The lowest BCUT2D eigenvalue weighted by Gasteiger charge is -2.19. The van der Waals surface area contributed by atoms with Gasteiger partial charge in [-0.1, -0.05) is 17.7 Å². The van der Waals surface area contributed by atoms with E-state index < -0.39 is 17.7 Å². The predicted molar refractivity (Wildman–Crippen MR) is 78.0 cm³/mol. The maximum atomic E-state index is 11.6. The Morgan fingerprint density at radius 3 is 2.50 bits per heavy atom. The molecule has 2 N–H and O–H groups in total. The van der Waals surface area contributed by atoms with Gasteiger partial charge >= 0.3 is 12.1 Å². The number of carbonyl (C=O) groups excluding carboxylic acids is 1. The van der Waals surface area contributed by atoms with Gasteiger partial charge in [0.1, 0.15) is 5.60 Å². The number of carboxylic acid groups (broad SMARTS) is 1. The van der Waals surface area contributed by atoms with E-state index in [9.17, 15) is 9.59 Å². The molecular formula is C14H16ClNO4. The molecule has 0 heterocycles. The quantitative estimate of drug-likeness (QED) is 0.832. The normalized spacial score (nSPS) is 11.4. The Balaban J connectivity index is 2.78. The van der Waals surface area contributed by atoms with Crippen molar-refractivity contribution in [3.8, 4) is 0 Å². The highest BCUT2D eigenvalue weighted by Gasteiger charge is 2.16. The third-order valence-corrected chi connectivity index (χ3v) is 2.38. The third kappa shape index (κ3) is 5.75. The van der Waals surface area contributed by atoms with Crippen LogP contribution in [0.2, 0.25) is 5.02 Å². The van der Waals surface area contributed by atoms with Crippen LogP contribution in [0.5, 0.6) is 0 Å². The van der Waals surface area contributed by atoms with Gasteiger partial charge in [0.05, 0.1) is 0 Å². The molecule has 0 saturated heterocycles. The molecule has 108 valence electrons. The van der Waals surface area contributed by atoms with Crippen LogP contribution in [0.4, 0.5) is 10.5 Å². The molecule has 1 rings (SSSR count). The number of hydrogen-bond donors (Lipinski definition) is 2. The van der Waals surface area contributed by atoms with E-state index in [2.05, 4.69) is 5.32 Å². The highest BCUT2D eigenvalue weighted by Crippen LogP contribution is 2.22. The third-order valence-electron chi connectivity index (χ3n) is 2.05. The highest BCUT2D eigenvalue weighted by molar-refractivity contribution is 6.32. The molecular weight excluding hydrogens is 282 g/mol. The number of amides is 1. The molecule has 20 heavy (non-hydrogen) atoms. The van der Waals surface area contributed by atoms with Crippen molar-refractivity contribution in [3.05, 3.63) is 34.9 Å². The number of ether oxygens (including phenoxy) is 1. The molecule has 5 nitrogen and oxygen atoms in total. The summed E-state index contributed by atoms with van der Waals surface area (Å²) in [5.41, 5.74) is 0.429. The van der Waals surface area contributed by atoms with E-state index in [0.717, 1.165) is 6.08 Å². The van der Waals surface area contributed by atoms with E-state index >= 15 is 0 Å². The number of carboxylic acids is 1. The largest absolute Gasteiger partial charge is 0.478 e. The Labute approximate surface area is 122 Å². The van der Waals surface area contributed by atoms with Crippen LogP contribution < -0.4 is 5.32 Å². The van der Waals surface area contributed by atoms with Crippen LogP contribution in [-0.4, -0.2) is 22.8 Å². The first-order valence-electron chi connectivity index (χ1n) is 5.88. The maximum absolute atomic E-state index is 11.6. The predicted octanol–water partition coefficient (Wildman–Crippen LogP) is 3.78. The Kier molecular flexibility index (Phi) is 5.16. The first-order valence-corrected chi connectivity index (χ1v) is 6.26. The number of hydrogen-bond acceptors (Lipinski definition) is 3. The molecule has 0 atom stereocenters. The Morgan fingerprint density at radius 1 is 1.35 bits per heavy atom. The molecule has 0 aliphatic carbocycles. The zero-order valence-electron chi connectivity index (χ0n) is 11.4. The van der Waals surface area contributed by atoms with Crippen LogP contribution in [0, 0.1) is 0 Å². The molecule has 0 aromatic heterocycles. The van der Waals surface area contributed by atoms with Gasteiger partial charge in [-0.2, -0.15) is 0 Å². The number of halogens is 1. The molecule has 1 amide bonds. The molecule has 0 radical (unpaired) electrons. The van der Waals surface area contributed by atoms with Crippen molar-refractivity contribution in [2.45, 2.75) is 26.4 Å². The minimum atomic E-state index is -1.06. The molecule has 0 spiro atoms. The van der Waals surface area contributed by atoms with Crippen LogP contribution in [0.25, 0.3) is 6.08 Å². The summed E-state index contributed by atoms with van der Waals surface area (Å²) in [7, 11) is 0. The lowest BCUT2D eigenvalue weighted by Crippen LogP contribution is -2.27. The van der Waals surface area contributed by atoms with Gasteiger partial charge in [0.2, 0.25) is 0 Å². The van der Waals surface area contributed by atoms with Crippen molar-refractivity contribution in [1.82, 2.24) is 0 Å².